The maximum Gasteiger partial charge on any atom is 0.299 e. The number of quaternary nitrogens is 1. The van der Waals surface area contributed by atoms with Gasteiger partial charge in [0, 0.05) is 18.4 Å². The summed E-state index contributed by atoms with van der Waals surface area (Å²) in [6, 6.07) is 8.78. The minimum atomic E-state index is -0.715. The van der Waals surface area contributed by atoms with Crippen molar-refractivity contribution in [2.24, 2.45) is 0 Å². The van der Waals surface area contributed by atoms with Crippen LogP contribution in [0.2, 0.25) is 0 Å². The molecule has 1 aliphatic rings. The molecule has 1 amide bonds. The van der Waals surface area contributed by atoms with Crippen LogP contribution in [0.25, 0.3) is 0 Å². The van der Waals surface area contributed by atoms with E-state index in [4.69, 9.17) is 0 Å². The fraction of sp³-hybridized carbons (Fsp3) is 0.300. The van der Waals surface area contributed by atoms with Crippen LogP contribution in [-0.2, 0) is 0 Å². The van der Waals surface area contributed by atoms with Crippen molar-refractivity contribution in [3.05, 3.63) is 35.9 Å². The number of thiol groups is 1. The van der Waals surface area contributed by atoms with Crippen LogP contribution in [0, 0.1) is 0 Å². The first-order valence-electron chi connectivity index (χ1n) is 4.81. The summed E-state index contributed by atoms with van der Waals surface area (Å²) in [5, 5.41) is 9.76. The molecule has 4 nitrogen and oxygen atoms in total. The third-order valence-electron chi connectivity index (χ3n) is 2.36. The van der Waals surface area contributed by atoms with Crippen LogP contribution in [-0.4, -0.2) is 21.3 Å². The summed E-state index contributed by atoms with van der Waals surface area (Å²) in [7, 11) is 0. The molecule has 0 saturated heterocycles. The SMILES string of the molecule is O=C(N[N+](O)(S)C1CC1)c1ccccc1. The fourth-order valence-corrected chi connectivity index (χ4v) is 1.65. The third kappa shape index (κ3) is 2.50. The van der Waals surface area contributed by atoms with Gasteiger partial charge in [-0.05, 0) is 16.3 Å². The number of amides is 1. The summed E-state index contributed by atoms with van der Waals surface area (Å²) in [5.74, 6) is -0.319. The Balaban J connectivity index is 2.03. The number of nitrogens with one attached hydrogen (secondary N) is 1. The van der Waals surface area contributed by atoms with E-state index in [1.807, 2.05) is 6.07 Å². The number of carbonyl (C=O) groups excluding carboxylic acids is 1. The highest BCUT2D eigenvalue weighted by molar-refractivity contribution is 7.74. The van der Waals surface area contributed by atoms with Crippen LogP contribution in [0.15, 0.2) is 30.3 Å². The number of rotatable bonds is 3. The molecule has 1 aliphatic carbocycles. The Hall–Kier alpha value is -1.04. The van der Waals surface area contributed by atoms with Crippen molar-refractivity contribution in [2.45, 2.75) is 18.9 Å². The third-order valence-corrected chi connectivity index (χ3v) is 2.78. The van der Waals surface area contributed by atoms with Crippen LogP contribution in [0.5, 0.6) is 0 Å². The molecule has 1 saturated carbocycles. The maximum absolute atomic E-state index is 11.7. The molecule has 0 radical (unpaired) electrons. The van der Waals surface area contributed by atoms with E-state index >= 15 is 0 Å². The van der Waals surface area contributed by atoms with E-state index in [1.54, 1.807) is 24.3 Å². The quantitative estimate of drug-likeness (QED) is 0.415. The van der Waals surface area contributed by atoms with Crippen LogP contribution in [0.4, 0.5) is 0 Å². The molecule has 1 aromatic carbocycles. The van der Waals surface area contributed by atoms with Gasteiger partial charge < -0.3 is 0 Å². The molecule has 2 rings (SSSR count). The molecule has 0 spiro atoms. The molecule has 1 aromatic rings. The van der Waals surface area contributed by atoms with Crippen LogP contribution in [0.3, 0.4) is 0 Å². The number of hydroxylamine groups is 1. The Kier molecular flexibility index (Phi) is 2.68. The minimum absolute atomic E-state index is 0.0148. The molecular formula is C10H13N2O2S+. The molecule has 80 valence electrons. The summed E-state index contributed by atoms with van der Waals surface area (Å²) in [6.45, 7) is 0. The molecule has 5 heteroatoms. The van der Waals surface area contributed by atoms with Gasteiger partial charge in [0.1, 0.15) is 12.8 Å². The maximum atomic E-state index is 11.7. The lowest BCUT2D eigenvalue weighted by Crippen LogP contribution is -2.52. The van der Waals surface area contributed by atoms with Crippen molar-refractivity contribution < 1.29 is 14.2 Å². The van der Waals surface area contributed by atoms with Gasteiger partial charge in [0.15, 0.2) is 6.04 Å². The predicted molar refractivity (Wildman–Crippen MR) is 58.0 cm³/mol. The Morgan fingerprint density at radius 3 is 2.53 bits per heavy atom. The van der Waals surface area contributed by atoms with Crippen molar-refractivity contribution in [1.82, 2.24) is 5.43 Å². The van der Waals surface area contributed by atoms with Crippen molar-refractivity contribution in [3.8, 4) is 0 Å². The van der Waals surface area contributed by atoms with E-state index in [0.717, 1.165) is 12.8 Å². The van der Waals surface area contributed by atoms with Gasteiger partial charge in [0.2, 0.25) is 0 Å². The van der Waals surface area contributed by atoms with E-state index in [2.05, 4.69) is 18.2 Å². The Morgan fingerprint density at radius 1 is 1.40 bits per heavy atom. The lowest BCUT2D eigenvalue weighted by Gasteiger charge is -2.21. The molecule has 0 heterocycles. The summed E-state index contributed by atoms with van der Waals surface area (Å²) < 4.78 is -0.715. The lowest BCUT2D eigenvalue weighted by atomic mass is 10.2. The molecule has 2 N–H and O–H groups in total. The molecular weight excluding hydrogens is 212 g/mol. The van der Waals surface area contributed by atoms with E-state index in [9.17, 15) is 10.0 Å². The van der Waals surface area contributed by atoms with E-state index in [1.165, 1.54) is 0 Å². The van der Waals surface area contributed by atoms with Crippen LogP contribution < -0.4 is 5.43 Å². The second-order valence-electron chi connectivity index (χ2n) is 3.69. The zero-order valence-electron chi connectivity index (χ0n) is 8.13. The second-order valence-corrected chi connectivity index (χ2v) is 4.30. The Labute approximate surface area is 93.6 Å². The van der Waals surface area contributed by atoms with E-state index in [0.29, 0.717) is 5.56 Å². The highest BCUT2D eigenvalue weighted by Crippen LogP contribution is 2.31. The average Bonchev–Trinajstić information content (AvgIpc) is 3.01. The van der Waals surface area contributed by atoms with E-state index in [-0.39, 0.29) is 11.9 Å². The molecule has 1 fully saturated rings. The van der Waals surface area contributed by atoms with Crippen molar-refractivity contribution >= 4 is 18.7 Å². The van der Waals surface area contributed by atoms with Gasteiger partial charge in [-0.25, -0.2) is 0 Å². The van der Waals surface area contributed by atoms with Crippen molar-refractivity contribution in [1.29, 1.82) is 0 Å². The van der Waals surface area contributed by atoms with Crippen molar-refractivity contribution in [2.75, 3.05) is 0 Å². The van der Waals surface area contributed by atoms with Gasteiger partial charge in [0.05, 0.1) is 0 Å². The summed E-state index contributed by atoms with van der Waals surface area (Å²) in [4.78, 5) is 11.7. The zero-order valence-corrected chi connectivity index (χ0v) is 9.02. The summed E-state index contributed by atoms with van der Waals surface area (Å²) in [5.41, 5.74) is 2.97. The van der Waals surface area contributed by atoms with Crippen LogP contribution in [0.1, 0.15) is 23.2 Å². The van der Waals surface area contributed by atoms with Gasteiger partial charge >= 0.3 is 0 Å². The lowest BCUT2D eigenvalue weighted by molar-refractivity contribution is -1.03. The van der Waals surface area contributed by atoms with Gasteiger partial charge in [0.25, 0.3) is 5.91 Å². The first-order chi connectivity index (χ1) is 7.09. The standard InChI is InChI=1S/C10H12N2O2S/c13-10(8-4-2-1-3-5-8)11-12(14,15)9-6-7-9/h1-5,9,14-15H,6-7H2/p+1. The first-order valence-corrected chi connectivity index (χ1v) is 5.21. The Bertz CT molecular complexity index is 363. The molecule has 0 bridgehead atoms. The molecule has 0 aromatic heterocycles. The van der Waals surface area contributed by atoms with Gasteiger partial charge in [-0.2, -0.15) is 10.6 Å². The summed E-state index contributed by atoms with van der Waals surface area (Å²) in [6.07, 6.45) is 1.77. The van der Waals surface area contributed by atoms with Crippen molar-refractivity contribution in [3.63, 3.8) is 0 Å². The minimum Gasteiger partial charge on any atom is -0.264 e. The highest BCUT2D eigenvalue weighted by atomic mass is 32.1. The first kappa shape index (κ1) is 10.5. The molecule has 0 aliphatic heterocycles. The van der Waals surface area contributed by atoms with Gasteiger partial charge in [-0.15, -0.1) is 0 Å². The monoisotopic (exact) mass is 225 g/mol. The fourth-order valence-electron chi connectivity index (χ4n) is 1.33. The second kappa shape index (κ2) is 3.84. The number of nitrogens with zero attached hydrogens (tertiary/aromatic N) is 1. The number of hydrogen-bond donors (Lipinski definition) is 3. The highest BCUT2D eigenvalue weighted by Gasteiger charge is 2.45. The zero-order chi connectivity index (χ0) is 10.9. The van der Waals surface area contributed by atoms with Gasteiger partial charge in [-0.1, -0.05) is 18.2 Å². The normalized spacial score (nSPS) is 19.3. The number of carbonyl (C=O) groups is 1. The molecule has 1 atom stereocenters. The molecule has 15 heavy (non-hydrogen) atoms. The van der Waals surface area contributed by atoms with E-state index < -0.39 is 4.16 Å². The average molecular weight is 225 g/mol. The van der Waals surface area contributed by atoms with Crippen LogP contribution >= 0.6 is 12.8 Å². The topological polar surface area (TPSA) is 49.3 Å². The number of benzene rings is 1. The predicted octanol–water partition coefficient (Wildman–Crippen LogP) is 1.54. The Morgan fingerprint density at radius 2 is 2.00 bits per heavy atom. The molecule has 1 unspecified atom stereocenters. The van der Waals surface area contributed by atoms with Gasteiger partial charge in [-0.3, -0.25) is 4.79 Å². The largest absolute Gasteiger partial charge is 0.299 e. The smallest absolute Gasteiger partial charge is 0.264 e. The number of hydrogen-bond acceptors (Lipinski definition) is 3. The summed E-state index contributed by atoms with van der Waals surface area (Å²) >= 11 is 3.99.